The van der Waals surface area contributed by atoms with Crippen LogP contribution in [0.5, 0.6) is 0 Å². The van der Waals surface area contributed by atoms with E-state index in [0.29, 0.717) is 0 Å². The van der Waals surface area contributed by atoms with E-state index in [4.69, 9.17) is 11.6 Å². The molecule has 3 heteroatoms. The van der Waals surface area contributed by atoms with Gasteiger partial charge in [0.2, 0.25) is 0 Å². The Morgan fingerprint density at radius 3 is 2.57 bits per heavy atom. The van der Waals surface area contributed by atoms with Crippen molar-refractivity contribution in [3.05, 3.63) is 65.4 Å². The molecule has 0 aliphatic heterocycles. The molecule has 0 saturated carbocycles. The summed E-state index contributed by atoms with van der Waals surface area (Å²) < 4.78 is 2.32. The number of halogens is 1. The Kier molecular flexibility index (Phi) is 3.35. The third-order valence-electron chi connectivity index (χ3n) is 4.40. The molecule has 4 rings (SSSR count). The first kappa shape index (κ1) is 14.3. The van der Waals surface area contributed by atoms with Gasteiger partial charge in [0, 0.05) is 34.1 Å². The summed E-state index contributed by atoms with van der Waals surface area (Å²) >= 11 is 6.43. The molecule has 0 spiro atoms. The summed E-state index contributed by atoms with van der Waals surface area (Å²) in [6, 6.07) is 14.8. The Morgan fingerprint density at radius 2 is 1.83 bits per heavy atom. The van der Waals surface area contributed by atoms with Crippen molar-refractivity contribution in [2.45, 2.75) is 20.4 Å². The van der Waals surface area contributed by atoms with Gasteiger partial charge in [-0.15, -0.1) is 0 Å². The zero-order chi connectivity index (χ0) is 16.0. The smallest absolute Gasteiger partial charge is 0.0677 e. The van der Waals surface area contributed by atoms with E-state index < -0.39 is 0 Å². The van der Waals surface area contributed by atoms with E-state index in [9.17, 15) is 0 Å². The number of fused-ring (bicyclic) bond motifs is 3. The lowest BCUT2D eigenvalue weighted by molar-refractivity contribution is 0.826. The highest BCUT2D eigenvalue weighted by atomic mass is 35.5. The molecule has 0 aliphatic carbocycles. The number of hydrogen-bond donors (Lipinski definition) is 0. The molecular formula is C20H17ClN2. The zero-order valence-corrected chi connectivity index (χ0v) is 13.9. The van der Waals surface area contributed by atoms with Gasteiger partial charge in [0.15, 0.2) is 0 Å². The Bertz CT molecular complexity index is 1010. The van der Waals surface area contributed by atoms with Crippen molar-refractivity contribution < 1.29 is 0 Å². The summed E-state index contributed by atoms with van der Waals surface area (Å²) in [7, 11) is 0. The minimum absolute atomic E-state index is 0.764. The molecule has 0 unspecified atom stereocenters. The summed E-state index contributed by atoms with van der Waals surface area (Å²) in [5, 5.41) is 3.15. The largest absolute Gasteiger partial charge is 0.339 e. The van der Waals surface area contributed by atoms with E-state index in [2.05, 4.69) is 65.9 Å². The van der Waals surface area contributed by atoms with Gasteiger partial charge in [-0.05, 0) is 37.6 Å². The van der Waals surface area contributed by atoms with E-state index in [1.807, 2.05) is 12.4 Å². The Balaban J connectivity index is 2.17. The van der Waals surface area contributed by atoms with Crippen molar-refractivity contribution in [2.24, 2.45) is 0 Å². The topological polar surface area (TPSA) is 17.8 Å². The number of rotatable bonds is 2. The summed E-state index contributed by atoms with van der Waals surface area (Å²) in [5.41, 5.74) is 6.00. The highest BCUT2D eigenvalue weighted by Gasteiger charge is 2.15. The van der Waals surface area contributed by atoms with Gasteiger partial charge in [-0.1, -0.05) is 41.4 Å². The van der Waals surface area contributed by atoms with Crippen molar-refractivity contribution in [3.63, 3.8) is 0 Å². The van der Waals surface area contributed by atoms with Crippen LogP contribution in [0, 0.1) is 6.92 Å². The van der Waals surface area contributed by atoms with E-state index in [1.54, 1.807) is 0 Å². The third-order valence-corrected chi connectivity index (χ3v) is 4.62. The van der Waals surface area contributed by atoms with E-state index in [0.717, 1.165) is 17.1 Å². The van der Waals surface area contributed by atoms with Gasteiger partial charge in [0.25, 0.3) is 0 Å². The van der Waals surface area contributed by atoms with Crippen LogP contribution in [0.1, 0.15) is 12.5 Å². The Hall–Kier alpha value is -2.32. The van der Waals surface area contributed by atoms with Crippen LogP contribution in [0.4, 0.5) is 0 Å². The summed E-state index contributed by atoms with van der Waals surface area (Å²) in [6.07, 6.45) is 3.78. The molecule has 2 aromatic heterocycles. The summed E-state index contributed by atoms with van der Waals surface area (Å²) in [5.74, 6) is 0. The SMILES string of the molecule is CCn1c2cnccc2c2cc(Cl)cc(-c3ccc(C)cc3)c21. The maximum atomic E-state index is 6.43. The van der Waals surface area contributed by atoms with Gasteiger partial charge in [-0.2, -0.15) is 0 Å². The normalized spacial score (nSPS) is 11.4. The van der Waals surface area contributed by atoms with E-state index in [-0.39, 0.29) is 0 Å². The fourth-order valence-electron chi connectivity index (χ4n) is 3.33. The molecule has 2 aromatic carbocycles. The number of benzene rings is 2. The highest BCUT2D eigenvalue weighted by molar-refractivity contribution is 6.32. The van der Waals surface area contributed by atoms with Crippen LogP contribution in [0.15, 0.2) is 54.9 Å². The maximum absolute atomic E-state index is 6.43. The molecule has 2 nitrogen and oxygen atoms in total. The van der Waals surface area contributed by atoms with Crippen LogP contribution in [-0.4, -0.2) is 9.55 Å². The lowest BCUT2D eigenvalue weighted by Crippen LogP contribution is -1.95. The van der Waals surface area contributed by atoms with Gasteiger partial charge < -0.3 is 4.57 Å². The van der Waals surface area contributed by atoms with Crippen LogP contribution >= 0.6 is 11.6 Å². The van der Waals surface area contributed by atoms with Gasteiger partial charge >= 0.3 is 0 Å². The molecule has 4 aromatic rings. The van der Waals surface area contributed by atoms with Crippen LogP contribution in [0.2, 0.25) is 5.02 Å². The molecule has 114 valence electrons. The Morgan fingerprint density at radius 1 is 1.04 bits per heavy atom. The lowest BCUT2D eigenvalue weighted by Gasteiger charge is -2.10. The third kappa shape index (κ3) is 2.22. The zero-order valence-electron chi connectivity index (χ0n) is 13.2. The van der Waals surface area contributed by atoms with Crippen molar-refractivity contribution in [1.29, 1.82) is 0 Å². The summed E-state index contributed by atoms with van der Waals surface area (Å²) in [4.78, 5) is 4.30. The Labute approximate surface area is 140 Å². The average molecular weight is 321 g/mol. The van der Waals surface area contributed by atoms with Crippen LogP contribution < -0.4 is 0 Å². The highest BCUT2D eigenvalue weighted by Crippen LogP contribution is 2.38. The molecule has 23 heavy (non-hydrogen) atoms. The van der Waals surface area contributed by atoms with E-state index in [1.165, 1.54) is 33.0 Å². The van der Waals surface area contributed by atoms with Gasteiger partial charge in [0.05, 0.1) is 17.2 Å². The monoisotopic (exact) mass is 320 g/mol. The number of pyridine rings is 1. The molecule has 0 fully saturated rings. The van der Waals surface area contributed by atoms with Crippen molar-refractivity contribution in [1.82, 2.24) is 9.55 Å². The minimum Gasteiger partial charge on any atom is -0.339 e. The second-order valence-corrected chi connectivity index (χ2v) is 6.29. The fraction of sp³-hybridized carbons (Fsp3) is 0.150. The number of aromatic nitrogens is 2. The van der Waals surface area contributed by atoms with Crippen LogP contribution in [0.25, 0.3) is 32.9 Å². The van der Waals surface area contributed by atoms with Gasteiger partial charge in [0.1, 0.15) is 0 Å². The lowest BCUT2D eigenvalue weighted by atomic mass is 10.0. The molecular weight excluding hydrogens is 304 g/mol. The second kappa shape index (κ2) is 5.39. The second-order valence-electron chi connectivity index (χ2n) is 5.85. The first-order valence-electron chi connectivity index (χ1n) is 7.81. The summed E-state index contributed by atoms with van der Waals surface area (Å²) in [6.45, 7) is 5.16. The first-order chi connectivity index (χ1) is 11.2. The van der Waals surface area contributed by atoms with Crippen molar-refractivity contribution >= 4 is 33.4 Å². The first-order valence-corrected chi connectivity index (χ1v) is 8.19. The van der Waals surface area contributed by atoms with Crippen LogP contribution in [0.3, 0.4) is 0 Å². The number of aryl methyl sites for hydroxylation is 2. The van der Waals surface area contributed by atoms with Gasteiger partial charge in [-0.3, -0.25) is 4.98 Å². The molecule has 0 N–H and O–H groups in total. The predicted molar refractivity (Wildman–Crippen MR) is 98.1 cm³/mol. The molecule has 0 radical (unpaired) electrons. The molecule has 0 amide bonds. The molecule has 0 bridgehead atoms. The van der Waals surface area contributed by atoms with Crippen molar-refractivity contribution in [3.8, 4) is 11.1 Å². The fourth-order valence-corrected chi connectivity index (χ4v) is 3.54. The quantitative estimate of drug-likeness (QED) is 0.454. The predicted octanol–water partition coefficient (Wildman–Crippen LogP) is 5.84. The van der Waals surface area contributed by atoms with E-state index >= 15 is 0 Å². The molecule has 0 saturated heterocycles. The molecule has 0 atom stereocenters. The molecule has 2 heterocycles. The number of hydrogen-bond acceptors (Lipinski definition) is 1. The average Bonchev–Trinajstić information content (AvgIpc) is 2.88. The van der Waals surface area contributed by atoms with Crippen molar-refractivity contribution in [2.75, 3.05) is 0 Å². The number of nitrogens with zero attached hydrogens (tertiary/aromatic N) is 2. The maximum Gasteiger partial charge on any atom is 0.0677 e. The standard InChI is InChI=1S/C20H17ClN2/c1-3-23-19-12-22-9-8-16(19)18-11-15(21)10-17(20(18)23)14-6-4-13(2)5-7-14/h4-12H,3H2,1-2H3. The van der Waals surface area contributed by atoms with Gasteiger partial charge in [-0.25, -0.2) is 0 Å². The minimum atomic E-state index is 0.764. The van der Waals surface area contributed by atoms with Crippen LogP contribution in [-0.2, 0) is 6.54 Å². The molecule has 0 aliphatic rings.